The third kappa shape index (κ3) is 4.35. The number of hydrogen-bond donors (Lipinski definition) is 0. The summed E-state index contributed by atoms with van der Waals surface area (Å²) >= 11 is 0. The smallest absolute Gasteiger partial charge is 0.225 e. The van der Waals surface area contributed by atoms with Crippen molar-refractivity contribution in [3.8, 4) is 22.8 Å². The molecule has 0 unspecified atom stereocenters. The standard InChI is InChI=1S/C23H30N4O3/c1-29-18-8-10-21(30-2)19(16-18)20-9-11-22(25-24-20)26-12-14-27(15-13-26)23(28)17-6-4-3-5-7-17/h8-11,16-17H,3-7,12-15H2,1-2H3. The van der Waals surface area contributed by atoms with Crippen LogP contribution in [0.3, 0.4) is 0 Å². The van der Waals surface area contributed by atoms with Crippen molar-refractivity contribution in [1.29, 1.82) is 0 Å². The Morgan fingerprint density at radius 1 is 0.933 bits per heavy atom. The van der Waals surface area contributed by atoms with Crippen LogP contribution in [0.1, 0.15) is 32.1 Å². The Morgan fingerprint density at radius 3 is 2.33 bits per heavy atom. The normalized spacial score (nSPS) is 17.7. The third-order valence-electron chi connectivity index (χ3n) is 6.20. The highest BCUT2D eigenvalue weighted by Gasteiger charge is 2.28. The van der Waals surface area contributed by atoms with Crippen LogP contribution in [-0.2, 0) is 4.79 Å². The van der Waals surface area contributed by atoms with Crippen LogP contribution in [0.2, 0.25) is 0 Å². The third-order valence-corrected chi connectivity index (χ3v) is 6.20. The van der Waals surface area contributed by atoms with Crippen molar-refractivity contribution in [3.63, 3.8) is 0 Å². The Labute approximate surface area is 178 Å². The molecule has 7 nitrogen and oxygen atoms in total. The number of aromatic nitrogens is 2. The quantitative estimate of drug-likeness (QED) is 0.753. The maximum absolute atomic E-state index is 12.8. The summed E-state index contributed by atoms with van der Waals surface area (Å²) in [6.07, 6.45) is 5.76. The Balaban J connectivity index is 1.40. The molecule has 1 aliphatic heterocycles. The van der Waals surface area contributed by atoms with Crippen LogP contribution >= 0.6 is 0 Å². The highest BCUT2D eigenvalue weighted by Crippen LogP contribution is 2.32. The largest absolute Gasteiger partial charge is 0.497 e. The summed E-state index contributed by atoms with van der Waals surface area (Å²) in [4.78, 5) is 17.0. The second kappa shape index (κ2) is 9.32. The van der Waals surface area contributed by atoms with Crippen LogP contribution in [0, 0.1) is 5.92 Å². The molecule has 2 aliphatic rings. The van der Waals surface area contributed by atoms with Crippen molar-refractivity contribution in [2.75, 3.05) is 45.3 Å². The van der Waals surface area contributed by atoms with E-state index in [1.807, 2.05) is 35.2 Å². The molecule has 1 saturated heterocycles. The van der Waals surface area contributed by atoms with Crippen molar-refractivity contribution in [2.24, 2.45) is 5.92 Å². The zero-order chi connectivity index (χ0) is 20.9. The number of amides is 1. The number of anilines is 1. The number of ether oxygens (including phenoxy) is 2. The van der Waals surface area contributed by atoms with Gasteiger partial charge in [0.2, 0.25) is 5.91 Å². The molecular formula is C23H30N4O3. The molecule has 2 fully saturated rings. The predicted molar refractivity (Wildman–Crippen MR) is 116 cm³/mol. The molecular weight excluding hydrogens is 380 g/mol. The maximum atomic E-state index is 12.8. The molecule has 0 spiro atoms. The lowest BCUT2D eigenvalue weighted by molar-refractivity contribution is -0.136. The van der Waals surface area contributed by atoms with E-state index in [2.05, 4.69) is 15.1 Å². The summed E-state index contributed by atoms with van der Waals surface area (Å²) in [6, 6.07) is 9.57. The first-order valence-corrected chi connectivity index (χ1v) is 10.8. The maximum Gasteiger partial charge on any atom is 0.225 e. The number of carbonyl (C=O) groups is 1. The van der Waals surface area contributed by atoms with E-state index in [1.54, 1.807) is 14.2 Å². The van der Waals surface area contributed by atoms with E-state index in [0.29, 0.717) is 5.91 Å². The Hall–Kier alpha value is -2.83. The summed E-state index contributed by atoms with van der Waals surface area (Å²) < 4.78 is 10.8. The topological polar surface area (TPSA) is 67.8 Å². The molecule has 2 aromatic rings. The number of nitrogens with zero attached hydrogens (tertiary/aromatic N) is 4. The highest BCUT2D eigenvalue weighted by atomic mass is 16.5. The van der Waals surface area contributed by atoms with Gasteiger partial charge < -0.3 is 19.3 Å². The molecule has 2 heterocycles. The number of benzene rings is 1. The fourth-order valence-corrected chi connectivity index (χ4v) is 4.42. The van der Waals surface area contributed by atoms with E-state index in [0.717, 1.165) is 67.6 Å². The first-order chi connectivity index (χ1) is 14.7. The Morgan fingerprint density at radius 2 is 1.70 bits per heavy atom. The fourth-order valence-electron chi connectivity index (χ4n) is 4.42. The van der Waals surface area contributed by atoms with Crippen molar-refractivity contribution < 1.29 is 14.3 Å². The van der Waals surface area contributed by atoms with Gasteiger partial charge in [-0.05, 0) is 43.2 Å². The minimum absolute atomic E-state index is 0.238. The Kier molecular flexibility index (Phi) is 6.35. The zero-order valence-electron chi connectivity index (χ0n) is 17.8. The number of methoxy groups -OCH3 is 2. The van der Waals surface area contributed by atoms with Gasteiger partial charge in [-0.15, -0.1) is 10.2 Å². The molecule has 30 heavy (non-hydrogen) atoms. The summed E-state index contributed by atoms with van der Waals surface area (Å²) in [5.74, 6) is 2.90. The molecule has 0 radical (unpaired) electrons. The molecule has 0 N–H and O–H groups in total. The molecule has 1 aromatic carbocycles. The second-order valence-electron chi connectivity index (χ2n) is 7.99. The van der Waals surface area contributed by atoms with Crippen molar-refractivity contribution in [2.45, 2.75) is 32.1 Å². The van der Waals surface area contributed by atoms with E-state index in [1.165, 1.54) is 19.3 Å². The number of carbonyl (C=O) groups excluding carboxylic acids is 1. The molecule has 0 bridgehead atoms. The van der Waals surface area contributed by atoms with Crippen LogP contribution < -0.4 is 14.4 Å². The average Bonchev–Trinajstić information content (AvgIpc) is 2.84. The Bertz CT molecular complexity index is 857. The first-order valence-electron chi connectivity index (χ1n) is 10.8. The molecule has 0 atom stereocenters. The van der Waals surface area contributed by atoms with Gasteiger partial charge in [0.05, 0.1) is 19.9 Å². The summed E-state index contributed by atoms with van der Waals surface area (Å²) in [5, 5.41) is 8.87. The summed E-state index contributed by atoms with van der Waals surface area (Å²) in [5.41, 5.74) is 1.58. The SMILES string of the molecule is COc1ccc(OC)c(-c2ccc(N3CCN(C(=O)C4CCCCC4)CC3)nn2)c1. The average molecular weight is 411 g/mol. The van der Waals surface area contributed by atoms with Gasteiger partial charge in [-0.1, -0.05) is 19.3 Å². The van der Waals surface area contributed by atoms with Crippen LogP contribution in [0.4, 0.5) is 5.82 Å². The van der Waals surface area contributed by atoms with Gasteiger partial charge in [0, 0.05) is 37.7 Å². The molecule has 4 rings (SSSR count). The van der Waals surface area contributed by atoms with E-state index in [-0.39, 0.29) is 5.92 Å². The van der Waals surface area contributed by atoms with Gasteiger partial charge in [0.15, 0.2) is 5.82 Å². The highest BCUT2D eigenvalue weighted by molar-refractivity contribution is 5.79. The molecule has 160 valence electrons. The van der Waals surface area contributed by atoms with Gasteiger partial charge in [0.25, 0.3) is 0 Å². The minimum Gasteiger partial charge on any atom is -0.497 e. The molecule has 1 saturated carbocycles. The van der Waals surface area contributed by atoms with Crippen LogP contribution in [0.25, 0.3) is 11.3 Å². The van der Waals surface area contributed by atoms with Crippen LogP contribution in [-0.4, -0.2) is 61.4 Å². The number of piperazine rings is 1. The molecule has 1 aromatic heterocycles. The lowest BCUT2D eigenvalue weighted by Crippen LogP contribution is -2.50. The monoisotopic (exact) mass is 410 g/mol. The summed E-state index contributed by atoms with van der Waals surface area (Å²) in [7, 11) is 3.28. The second-order valence-corrected chi connectivity index (χ2v) is 7.99. The van der Waals surface area contributed by atoms with Gasteiger partial charge in [-0.3, -0.25) is 4.79 Å². The fraction of sp³-hybridized carbons (Fsp3) is 0.522. The minimum atomic E-state index is 0.238. The molecule has 1 amide bonds. The lowest BCUT2D eigenvalue weighted by Gasteiger charge is -2.37. The predicted octanol–water partition coefficient (Wildman–Crippen LogP) is 3.39. The van der Waals surface area contributed by atoms with E-state index in [4.69, 9.17) is 9.47 Å². The molecule has 7 heteroatoms. The van der Waals surface area contributed by atoms with Crippen LogP contribution in [0.15, 0.2) is 30.3 Å². The first kappa shape index (κ1) is 20.4. The van der Waals surface area contributed by atoms with E-state index >= 15 is 0 Å². The zero-order valence-corrected chi connectivity index (χ0v) is 17.8. The van der Waals surface area contributed by atoms with Crippen molar-refractivity contribution >= 4 is 11.7 Å². The number of hydrogen-bond acceptors (Lipinski definition) is 6. The molecule has 1 aliphatic carbocycles. The lowest BCUT2D eigenvalue weighted by atomic mass is 9.88. The van der Waals surface area contributed by atoms with Gasteiger partial charge in [-0.2, -0.15) is 0 Å². The summed E-state index contributed by atoms with van der Waals surface area (Å²) in [6.45, 7) is 3.08. The van der Waals surface area contributed by atoms with E-state index < -0.39 is 0 Å². The number of rotatable bonds is 5. The van der Waals surface area contributed by atoms with Gasteiger partial charge in [0.1, 0.15) is 11.5 Å². The van der Waals surface area contributed by atoms with Crippen molar-refractivity contribution in [1.82, 2.24) is 15.1 Å². The van der Waals surface area contributed by atoms with Gasteiger partial charge >= 0.3 is 0 Å². The van der Waals surface area contributed by atoms with Crippen molar-refractivity contribution in [3.05, 3.63) is 30.3 Å². The van der Waals surface area contributed by atoms with E-state index in [9.17, 15) is 4.79 Å². The van der Waals surface area contributed by atoms with Gasteiger partial charge in [-0.25, -0.2) is 0 Å². The van der Waals surface area contributed by atoms with Crippen LogP contribution in [0.5, 0.6) is 11.5 Å².